The number of aromatic nitrogens is 2. The van der Waals surface area contributed by atoms with Gasteiger partial charge in [0.2, 0.25) is 5.95 Å². The Balaban J connectivity index is 2.55. The molecule has 0 fully saturated rings. The topological polar surface area (TPSA) is 67.1 Å². The van der Waals surface area contributed by atoms with E-state index in [-0.39, 0.29) is 0 Å². The molecule has 0 unspecified atom stereocenters. The normalized spacial score (nSPS) is 11.1. The number of thiophene rings is 1. The van der Waals surface area contributed by atoms with Gasteiger partial charge in [-0.1, -0.05) is 0 Å². The molecule has 2 aromatic heterocycles. The Morgan fingerprint density at radius 1 is 1.43 bits per heavy atom. The first-order chi connectivity index (χ1) is 6.66. The number of rotatable bonds is 2. The minimum absolute atomic E-state index is 0.292. The third-order valence-corrected chi connectivity index (χ3v) is 2.56. The van der Waals surface area contributed by atoms with Gasteiger partial charge < -0.3 is 11.2 Å². The van der Waals surface area contributed by atoms with E-state index in [0.29, 0.717) is 5.95 Å². The molecule has 0 radical (unpaired) electrons. The van der Waals surface area contributed by atoms with E-state index in [2.05, 4.69) is 15.4 Å². The molecule has 2 rings (SSSR count). The van der Waals surface area contributed by atoms with Crippen LogP contribution in [0, 0.1) is 0 Å². The second-order valence-corrected chi connectivity index (χ2v) is 3.99. The van der Waals surface area contributed by atoms with Gasteiger partial charge in [-0.15, -0.1) is 11.3 Å². The molecule has 0 aliphatic rings. The van der Waals surface area contributed by atoms with Crippen molar-refractivity contribution in [3.8, 4) is 0 Å². The number of nitrogens with zero attached hydrogens (tertiary/aromatic N) is 3. The Hall–Kier alpha value is -1.40. The number of hydrogen-bond donors (Lipinski definition) is 2. The molecule has 2 heterocycles. The average Bonchev–Trinajstić information content (AvgIpc) is 2.50. The van der Waals surface area contributed by atoms with Crippen LogP contribution in [0.25, 0.3) is 10.2 Å². The van der Waals surface area contributed by atoms with Gasteiger partial charge in [0.15, 0.2) is 5.82 Å². The Morgan fingerprint density at radius 3 is 2.93 bits per heavy atom. The quantitative estimate of drug-likeness (QED) is 0.726. The number of anilines is 2. The number of hydrogen-bond acceptors (Lipinski definition) is 6. The van der Waals surface area contributed by atoms with Crippen LogP contribution in [0.4, 0.5) is 11.8 Å². The summed E-state index contributed by atoms with van der Waals surface area (Å²) in [6, 6.07) is 1.93. The Labute approximate surface area is 85.5 Å². The molecular formula is C8H11N5S. The zero-order chi connectivity index (χ0) is 10.1. The van der Waals surface area contributed by atoms with Gasteiger partial charge in [-0.25, -0.2) is 9.99 Å². The first kappa shape index (κ1) is 9.17. The summed E-state index contributed by atoms with van der Waals surface area (Å²) in [5.74, 6) is 1.05. The summed E-state index contributed by atoms with van der Waals surface area (Å²) in [6.45, 7) is 0. The number of nitrogens with two attached hydrogens (primary N) is 1. The highest BCUT2D eigenvalue weighted by molar-refractivity contribution is 7.17. The SMILES string of the molecule is CN(C)Nc1nc(N)nc2ccsc12. The Kier molecular flexibility index (Phi) is 2.22. The Morgan fingerprint density at radius 2 is 2.21 bits per heavy atom. The Bertz CT molecular complexity index is 450. The molecule has 6 heteroatoms. The molecule has 0 saturated heterocycles. The molecule has 0 bridgehead atoms. The van der Waals surface area contributed by atoms with Gasteiger partial charge in [-0.05, 0) is 11.4 Å². The molecule has 0 aliphatic heterocycles. The minimum Gasteiger partial charge on any atom is -0.368 e. The molecule has 14 heavy (non-hydrogen) atoms. The molecule has 2 aromatic rings. The summed E-state index contributed by atoms with van der Waals surface area (Å²) in [4.78, 5) is 8.26. The fourth-order valence-electron chi connectivity index (χ4n) is 1.17. The summed E-state index contributed by atoms with van der Waals surface area (Å²) in [6.07, 6.45) is 0. The van der Waals surface area contributed by atoms with Gasteiger partial charge in [-0.3, -0.25) is 0 Å². The van der Waals surface area contributed by atoms with Crippen molar-refractivity contribution >= 4 is 33.3 Å². The lowest BCUT2D eigenvalue weighted by Crippen LogP contribution is -2.20. The maximum atomic E-state index is 5.58. The van der Waals surface area contributed by atoms with Gasteiger partial charge >= 0.3 is 0 Å². The van der Waals surface area contributed by atoms with Gasteiger partial charge in [0.05, 0.1) is 10.2 Å². The van der Waals surface area contributed by atoms with Crippen LogP contribution in [0.2, 0.25) is 0 Å². The predicted molar refractivity (Wildman–Crippen MR) is 59.1 cm³/mol. The van der Waals surface area contributed by atoms with Crippen LogP contribution in [0.1, 0.15) is 0 Å². The second kappa shape index (κ2) is 3.39. The maximum Gasteiger partial charge on any atom is 0.222 e. The van der Waals surface area contributed by atoms with Crippen molar-refractivity contribution in [1.82, 2.24) is 15.0 Å². The molecule has 5 nitrogen and oxygen atoms in total. The molecule has 0 spiro atoms. The van der Waals surface area contributed by atoms with Crippen molar-refractivity contribution in [2.45, 2.75) is 0 Å². The fraction of sp³-hybridized carbons (Fsp3) is 0.250. The van der Waals surface area contributed by atoms with Crippen LogP contribution in [-0.4, -0.2) is 29.1 Å². The van der Waals surface area contributed by atoms with Crippen molar-refractivity contribution in [2.75, 3.05) is 25.3 Å². The largest absolute Gasteiger partial charge is 0.368 e. The lowest BCUT2D eigenvalue weighted by molar-refractivity contribution is 0.493. The highest BCUT2D eigenvalue weighted by Crippen LogP contribution is 2.26. The van der Waals surface area contributed by atoms with E-state index in [1.54, 1.807) is 11.3 Å². The summed E-state index contributed by atoms with van der Waals surface area (Å²) < 4.78 is 1.02. The fourth-order valence-corrected chi connectivity index (χ4v) is 1.94. The summed E-state index contributed by atoms with van der Waals surface area (Å²) in [5, 5.41) is 3.79. The molecule has 0 amide bonds. The van der Waals surface area contributed by atoms with Crippen LogP contribution < -0.4 is 11.2 Å². The maximum absolute atomic E-state index is 5.58. The molecular weight excluding hydrogens is 198 g/mol. The number of nitrogen functional groups attached to an aromatic ring is 1. The highest BCUT2D eigenvalue weighted by atomic mass is 32.1. The third kappa shape index (κ3) is 1.61. The standard InChI is InChI=1S/C8H11N5S/c1-13(2)12-7-6-5(3-4-14-6)10-8(9)11-7/h3-4H,1-2H3,(H3,9,10,11,12). The lowest BCUT2D eigenvalue weighted by atomic mass is 10.4. The first-order valence-corrected chi connectivity index (χ1v) is 4.99. The van der Waals surface area contributed by atoms with Crippen LogP contribution in [0.15, 0.2) is 11.4 Å². The van der Waals surface area contributed by atoms with Crippen molar-refractivity contribution in [3.05, 3.63) is 11.4 Å². The van der Waals surface area contributed by atoms with Crippen molar-refractivity contribution in [3.63, 3.8) is 0 Å². The smallest absolute Gasteiger partial charge is 0.222 e. The molecule has 0 aliphatic carbocycles. The number of hydrazine groups is 1. The van der Waals surface area contributed by atoms with Gasteiger partial charge in [0, 0.05) is 14.1 Å². The number of nitrogens with one attached hydrogen (secondary N) is 1. The monoisotopic (exact) mass is 209 g/mol. The minimum atomic E-state index is 0.292. The summed E-state index contributed by atoms with van der Waals surface area (Å²) in [7, 11) is 3.80. The lowest BCUT2D eigenvalue weighted by Gasteiger charge is -2.12. The predicted octanol–water partition coefficient (Wildman–Crippen LogP) is 1.16. The second-order valence-electron chi connectivity index (χ2n) is 3.07. The average molecular weight is 209 g/mol. The van der Waals surface area contributed by atoms with Crippen molar-refractivity contribution in [2.24, 2.45) is 0 Å². The molecule has 0 saturated carbocycles. The number of fused-ring (bicyclic) bond motifs is 1. The van der Waals surface area contributed by atoms with E-state index >= 15 is 0 Å². The third-order valence-electron chi connectivity index (χ3n) is 1.65. The zero-order valence-corrected chi connectivity index (χ0v) is 8.80. The van der Waals surface area contributed by atoms with E-state index in [0.717, 1.165) is 16.0 Å². The van der Waals surface area contributed by atoms with Gasteiger partial charge in [0.1, 0.15) is 0 Å². The summed E-state index contributed by atoms with van der Waals surface area (Å²) >= 11 is 1.59. The zero-order valence-electron chi connectivity index (χ0n) is 7.98. The van der Waals surface area contributed by atoms with E-state index < -0.39 is 0 Å². The van der Waals surface area contributed by atoms with Gasteiger partial charge in [0.25, 0.3) is 0 Å². The van der Waals surface area contributed by atoms with Crippen LogP contribution >= 0.6 is 11.3 Å². The highest BCUT2D eigenvalue weighted by Gasteiger charge is 2.07. The van der Waals surface area contributed by atoms with Crippen LogP contribution in [-0.2, 0) is 0 Å². The first-order valence-electron chi connectivity index (χ1n) is 4.11. The van der Waals surface area contributed by atoms with Crippen LogP contribution in [0.5, 0.6) is 0 Å². The molecule has 74 valence electrons. The van der Waals surface area contributed by atoms with E-state index in [1.165, 1.54) is 0 Å². The molecule has 3 N–H and O–H groups in total. The van der Waals surface area contributed by atoms with Crippen LogP contribution in [0.3, 0.4) is 0 Å². The van der Waals surface area contributed by atoms with Crippen molar-refractivity contribution in [1.29, 1.82) is 0 Å². The molecule has 0 atom stereocenters. The van der Waals surface area contributed by atoms with Gasteiger partial charge in [-0.2, -0.15) is 4.98 Å². The summed E-state index contributed by atoms with van der Waals surface area (Å²) in [5.41, 5.74) is 9.55. The molecule has 0 aromatic carbocycles. The van der Waals surface area contributed by atoms with E-state index in [1.807, 2.05) is 30.6 Å². The van der Waals surface area contributed by atoms with E-state index in [9.17, 15) is 0 Å². The van der Waals surface area contributed by atoms with E-state index in [4.69, 9.17) is 5.73 Å². The van der Waals surface area contributed by atoms with Crippen molar-refractivity contribution < 1.29 is 0 Å².